The summed E-state index contributed by atoms with van der Waals surface area (Å²) in [5.41, 5.74) is 11.1. The van der Waals surface area contributed by atoms with Crippen LogP contribution in [0.25, 0.3) is 0 Å². The van der Waals surface area contributed by atoms with Crippen molar-refractivity contribution in [2.45, 2.75) is 71.1 Å². The fourth-order valence-corrected chi connectivity index (χ4v) is 2.45. The Kier molecular flexibility index (Phi) is 7.50. The number of nitrogens with zero attached hydrogens (tertiary/aromatic N) is 1. The molecule has 1 amide bonds. The average Bonchev–Trinajstić information content (AvgIpc) is 2.84. The minimum atomic E-state index is -0.464. The zero-order chi connectivity index (χ0) is 15.8. The number of aliphatic imine (C=N–C) groups is 1. The lowest BCUT2D eigenvalue weighted by Crippen LogP contribution is -2.39. The first-order chi connectivity index (χ1) is 9.88. The lowest BCUT2D eigenvalue weighted by Gasteiger charge is -2.15. The molecule has 6 heteroatoms. The molecule has 21 heavy (non-hydrogen) atoms. The van der Waals surface area contributed by atoms with Gasteiger partial charge in [-0.3, -0.25) is 9.79 Å². The van der Waals surface area contributed by atoms with E-state index in [2.05, 4.69) is 31.1 Å². The van der Waals surface area contributed by atoms with E-state index in [9.17, 15) is 4.79 Å². The molecule has 0 radical (unpaired) electrons. The maximum absolute atomic E-state index is 11.0. The molecule has 0 aromatic rings. The van der Waals surface area contributed by atoms with Gasteiger partial charge < -0.3 is 21.5 Å². The smallest absolute Gasteiger partial charge is 0.246 e. The standard InChI is InChI=1S/C15H30N4O2/c1-10(2)5-4-6-11(3)19-15(17)18-9-12-7-8-13(21-12)14(16)20/h10-13H,4-9H2,1-3H3,(H2,16,20)(H3,17,18,19). The second-order valence-electron chi connectivity index (χ2n) is 6.32. The highest BCUT2D eigenvalue weighted by atomic mass is 16.5. The highest BCUT2D eigenvalue weighted by molar-refractivity contribution is 5.79. The maximum atomic E-state index is 11.0. The van der Waals surface area contributed by atoms with Crippen LogP contribution in [0.2, 0.25) is 0 Å². The molecule has 1 aliphatic rings. The summed E-state index contributed by atoms with van der Waals surface area (Å²) in [6, 6.07) is 0.315. The van der Waals surface area contributed by atoms with Crippen molar-refractivity contribution in [3.8, 4) is 0 Å². The van der Waals surface area contributed by atoms with Crippen LogP contribution in [-0.4, -0.2) is 36.7 Å². The number of hydrogen-bond donors (Lipinski definition) is 3. The molecule has 5 N–H and O–H groups in total. The Labute approximate surface area is 127 Å². The van der Waals surface area contributed by atoms with E-state index < -0.39 is 12.0 Å². The van der Waals surface area contributed by atoms with Gasteiger partial charge in [0.25, 0.3) is 0 Å². The molecule has 0 saturated carbocycles. The van der Waals surface area contributed by atoms with Gasteiger partial charge >= 0.3 is 0 Å². The first-order valence-corrected chi connectivity index (χ1v) is 7.89. The molecule has 122 valence electrons. The summed E-state index contributed by atoms with van der Waals surface area (Å²) in [6.07, 6.45) is 4.45. The highest BCUT2D eigenvalue weighted by Gasteiger charge is 2.28. The van der Waals surface area contributed by atoms with Crippen molar-refractivity contribution in [1.82, 2.24) is 5.32 Å². The van der Waals surface area contributed by atoms with E-state index in [1.807, 2.05) is 0 Å². The van der Waals surface area contributed by atoms with Crippen molar-refractivity contribution in [3.05, 3.63) is 0 Å². The van der Waals surface area contributed by atoms with Gasteiger partial charge in [0.2, 0.25) is 5.91 Å². The van der Waals surface area contributed by atoms with Crippen LogP contribution in [0.15, 0.2) is 4.99 Å². The Balaban J connectivity index is 2.22. The minimum absolute atomic E-state index is 0.0564. The zero-order valence-corrected chi connectivity index (χ0v) is 13.5. The van der Waals surface area contributed by atoms with Crippen LogP contribution in [0.1, 0.15) is 52.9 Å². The second-order valence-corrected chi connectivity index (χ2v) is 6.32. The SMILES string of the molecule is CC(C)CCCC(C)NC(N)=NCC1CCC(C(N)=O)O1. The van der Waals surface area contributed by atoms with Crippen LogP contribution in [0, 0.1) is 5.92 Å². The molecule has 1 saturated heterocycles. The molecule has 0 aromatic carbocycles. The van der Waals surface area contributed by atoms with Crippen molar-refractivity contribution < 1.29 is 9.53 Å². The first kappa shape index (κ1) is 17.8. The molecule has 1 rings (SSSR count). The topological polar surface area (TPSA) is 103 Å². The van der Waals surface area contributed by atoms with Gasteiger partial charge in [-0.25, -0.2) is 0 Å². The normalized spacial score (nSPS) is 24.3. The van der Waals surface area contributed by atoms with Gasteiger partial charge in [-0.1, -0.05) is 26.7 Å². The predicted molar refractivity (Wildman–Crippen MR) is 84.9 cm³/mol. The highest BCUT2D eigenvalue weighted by Crippen LogP contribution is 2.19. The summed E-state index contributed by atoms with van der Waals surface area (Å²) < 4.78 is 5.50. The third-order valence-electron chi connectivity index (χ3n) is 3.70. The van der Waals surface area contributed by atoms with Crippen LogP contribution >= 0.6 is 0 Å². The van der Waals surface area contributed by atoms with Gasteiger partial charge in [-0.2, -0.15) is 0 Å². The Morgan fingerprint density at radius 2 is 2.00 bits per heavy atom. The molecular weight excluding hydrogens is 268 g/mol. The van der Waals surface area contributed by atoms with Crippen molar-refractivity contribution in [2.24, 2.45) is 22.4 Å². The predicted octanol–water partition coefficient (Wildman–Crippen LogP) is 1.14. The summed E-state index contributed by atoms with van der Waals surface area (Å²) in [5.74, 6) is 0.783. The number of nitrogens with two attached hydrogens (primary N) is 2. The number of carbonyl (C=O) groups is 1. The molecule has 0 spiro atoms. The lowest BCUT2D eigenvalue weighted by molar-refractivity contribution is -0.128. The molecule has 1 heterocycles. The lowest BCUT2D eigenvalue weighted by atomic mass is 10.0. The third kappa shape index (κ3) is 7.32. The fourth-order valence-electron chi connectivity index (χ4n) is 2.45. The number of nitrogens with one attached hydrogen (secondary N) is 1. The molecular formula is C15H30N4O2. The Hall–Kier alpha value is -1.30. The molecule has 0 aromatic heterocycles. The second kappa shape index (κ2) is 8.87. The quantitative estimate of drug-likeness (QED) is 0.462. The van der Waals surface area contributed by atoms with Crippen LogP contribution in [0.5, 0.6) is 0 Å². The van der Waals surface area contributed by atoms with Crippen molar-refractivity contribution >= 4 is 11.9 Å². The van der Waals surface area contributed by atoms with Gasteiger partial charge in [0.05, 0.1) is 12.6 Å². The van der Waals surface area contributed by atoms with Crippen molar-refractivity contribution in [3.63, 3.8) is 0 Å². The van der Waals surface area contributed by atoms with E-state index in [1.54, 1.807) is 0 Å². The Morgan fingerprint density at radius 1 is 1.29 bits per heavy atom. The van der Waals surface area contributed by atoms with E-state index in [0.29, 0.717) is 25.0 Å². The average molecular weight is 298 g/mol. The summed E-state index contributed by atoms with van der Waals surface area (Å²) in [7, 11) is 0. The number of rotatable bonds is 8. The van der Waals surface area contributed by atoms with Crippen LogP contribution < -0.4 is 16.8 Å². The molecule has 1 aliphatic heterocycles. The van der Waals surface area contributed by atoms with Gasteiger partial charge in [-0.15, -0.1) is 0 Å². The summed E-state index contributed by atoms with van der Waals surface area (Å²) in [6.45, 7) is 7.04. The van der Waals surface area contributed by atoms with Crippen LogP contribution in [-0.2, 0) is 9.53 Å². The number of ether oxygens (including phenoxy) is 1. The monoisotopic (exact) mass is 298 g/mol. The molecule has 1 fully saturated rings. The molecule has 3 unspecified atom stereocenters. The van der Waals surface area contributed by atoms with E-state index in [1.165, 1.54) is 12.8 Å². The number of primary amides is 1. The van der Waals surface area contributed by atoms with Gasteiger partial charge in [0.1, 0.15) is 6.10 Å². The van der Waals surface area contributed by atoms with Crippen molar-refractivity contribution in [2.75, 3.05) is 6.54 Å². The Bertz CT molecular complexity index is 358. The van der Waals surface area contributed by atoms with E-state index in [-0.39, 0.29) is 6.10 Å². The van der Waals surface area contributed by atoms with Crippen LogP contribution in [0.4, 0.5) is 0 Å². The van der Waals surface area contributed by atoms with E-state index >= 15 is 0 Å². The molecule has 0 aliphatic carbocycles. The number of hydrogen-bond acceptors (Lipinski definition) is 3. The Morgan fingerprint density at radius 3 is 2.57 bits per heavy atom. The van der Waals surface area contributed by atoms with Crippen molar-refractivity contribution in [1.29, 1.82) is 0 Å². The van der Waals surface area contributed by atoms with Gasteiger partial charge in [0, 0.05) is 6.04 Å². The number of carbonyl (C=O) groups excluding carboxylic acids is 1. The number of amides is 1. The fraction of sp³-hybridized carbons (Fsp3) is 0.867. The van der Waals surface area contributed by atoms with Gasteiger partial charge in [0.15, 0.2) is 5.96 Å². The first-order valence-electron chi connectivity index (χ1n) is 7.89. The zero-order valence-electron chi connectivity index (χ0n) is 13.5. The third-order valence-corrected chi connectivity index (χ3v) is 3.70. The summed E-state index contributed by atoms with van der Waals surface area (Å²) in [5, 5.41) is 3.19. The largest absolute Gasteiger partial charge is 0.370 e. The van der Waals surface area contributed by atoms with E-state index in [4.69, 9.17) is 16.2 Å². The number of guanidine groups is 1. The van der Waals surface area contributed by atoms with E-state index in [0.717, 1.165) is 18.8 Å². The summed E-state index contributed by atoms with van der Waals surface area (Å²) >= 11 is 0. The summed E-state index contributed by atoms with van der Waals surface area (Å²) in [4.78, 5) is 15.3. The van der Waals surface area contributed by atoms with Gasteiger partial charge in [-0.05, 0) is 32.1 Å². The molecule has 6 nitrogen and oxygen atoms in total. The molecule has 0 bridgehead atoms. The maximum Gasteiger partial charge on any atom is 0.246 e. The van der Waals surface area contributed by atoms with Crippen LogP contribution in [0.3, 0.4) is 0 Å². The molecule has 3 atom stereocenters. The minimum Gasteiger partial charge on any atom is -0.370 e.